The summed E-state index contributed by atoms with van der Waals surface area (Å²) < 4.78 is 11.1. The van der Waals surface area contributed by atoms with Crippen LogP contribution in [0.4, 0.5) is 0 Å². The molecule has 0 spiro atoms. The minimum absolute atomic E-state index is 0.0241. The van der Waals surface area contributed by atoms with Crippen LogP contribution in [0.1, 0.15) is 32.6 Å². The summed E-state index contributed by atoms with van der Waals surface area (Å²) in [5.41, 5.74) is 5.52. The number of hydrogen-bond donors (Lipinski definition) is 2. The van der Waals surface area contributed by atoms with Crippen molar-refractivity contribution in [2.45, 2.75) is 57.0 Å². The summed E-state index contributed by atoms with van der Waals surface area (Å²) in [4.78, 5) is 11.9. The van der Waals surface area contributed by atoms with Gasteiger partial charge in [-0.25, -0.2) is 0 Å². The highest BCUT2D eigenvalue weighted by Gasteiger charge is 2.32. The molecule has 4 unspecified atom stereocenters. The summed E-state index contributed by atoms with van der Waals surface area (Å²) in [7, 11) is 0. The summed E-state index contributed by atoms with van der Waals surface area (Å²) in [5.74, 6) is -0.0241. The molecule has 0 aliphatic carbocycles. The third-order valence-corrected chi connectivity index (χ3v) is 3.56. The normalized spacial score (nSPS) is 34.8. The molecule has 0 saturated carbocycles. The molecule has 2 fully saturated rings. The summed E-state index contributed by atoms with van der Waals surface area (Å²) in [6.07, 6.45) is 3.63. The minimum atomic E-state index is -0.326. The maximum absolute atomic E-state index is 11.9. The molecule has 0 aromatic carbocycles. The van der Waals surface area contributed by atoms with E-state index >= 15 is 0 Å². The predicted octanol–water partition coefficient (Wildman–Crippen LogP) is 0.176. The average molecular weight is 242 g/mol. The lowest BCUT2D eigenvalue weighted by molar-refractivity contribution is -0.133. The number of hydrogen-bond acceptors (Lipinski definition) is 4. The summed E-state index contributed by atoms with van der Waals surface area (Å²) >= 11 is 0. The Morgan fingerprint density at radius 2 is 2.29 bits per heavy atom. The number of rotatable bonds is 4. The van der Waals surface area contributed by atoms with Gasteiger partial charge >= 0.3 is 0 Å². The van der Waals surface area contributed by atoms with Crippen LogP contribution in [0.25, 0.3) is 0 Å². The molecule has 98 valence electrons. The van der Waals surface area contributed by atoms with E-state index in [0.29, 0.717) is 6.54 Å². The minimum Gasteiger partial charge on any atom is -0.376 e. The van der Waals surface area contributed by atoms with Gasteiger partial charge in [-0.3, -0.25) is 4.79 Å². The van der Waals surface area contributed by atoms with E-state index in [2.05, 4.69) is 5.32 Å². The third kappa shape index (κ3) is 3.18. The lowest BCUT2D eigenvalue weighted by Crippen LogP contribution is -2.45. The van der Waals surface area contributed by atoms with Crippen molar-refractivity contribution < 1.29 is 14.3 Å². The fourth-order valence-electron chi connectivity index (χ4n) is 2.48. The van der Waals surface area contributed by atoms with Crippen LogP contribution in [0.2, 0.25) is 0 Å². The number of carbonyl (C=O) groups is 1. The maximum Gasteiger partial charge on any atom is 0.249 e. The van der Waals surface area contributed by atoms with Gasteiger partial charge in [0.25, 0.3) is 0 Å². The molecular weight excluding hydrogens is 220 g/mol. The van der Waals surface area contributed by atoms with Crippen molar-refractivity contribution in [3.63, 3.8) is 0 Å². The van der Waals surface area contributed by atoms with Crippen LogP contribution in [-0.2, 0) is 14.3 Å². The van der Waals surface area contributed by atoms with Gasteiger partial charge in [0.1, 0.15) is 6.10 Å². The Labute approximate surface area is 102 Å². The van der Waals surface area contributed by atoms with Gasteiger partial charge in [0.15, 0.2) is 0 Å². The number of nitrogens with one attached hydrogen (secondary N) is 1. The van der Waals surface area contributed by atoms with Gasteiger partial charge in [-0.15, -0.1) is 0 Å². The van der Waals surface area contributed by atoms with Gasteiger partial charge < -0.3 is 20.5 Å². The van der Waals surface area contributed by atoms with Crippen molar-refractivity contribution in [1.82, 2.24) is 5.32 Å². The zero-order valence-corrected chi connectivity index (χ0v) is 10.4. The molecule has 5 nitrogen and oxygen atoms in total. The molecule has 1 amide bonds. The summed E-state index contributed by atoms with van der Waals surface area (Å²) in [5, 5.41) is 2.98. The first-order valence-corrected chi connectivity index (χ1v) is 6.48. The van der Waals surface area contributed by atoms with Gasteiger partial charge in [-0.2, -0.15) is 0 Å². The molecule has 0 radical (unpaired) electrons. The van der Waals surface area contributed by atoms with Crippen LogP contribution >= 0.6 is 0 Å². The Balaban J connectivity index is 1.76. The van der Waals surface area contributed by atoms with Crippen molar-refractivity contribution in [3.05, 3.63) is 0 Å². The van der Waals surface area contributed by atoms with Crippen LogP contribution in [0.5, 0.6) is 0 Å². The first-order valence-electron chi connectivity index (χ1n) is 6.48. The van der Waals surface area contributed by atoms with Crippen LogP contribution in [0.15, 0.2) is 0 Å². The lowest BCUT2D eigenvalue weighted by atomic mass is 10.1. The largest absolute Gasteiger partial charge is 0.376 e. The highest BCUT2D eigenvalue weighted by atomic mass is 16.5. The average Bonchev–Trinajstić information content (AvgIpc) is 3.00. The van der Waals surface area contributed by atoms with Crippen LogP contribution in [0, 0.1) is 0 Å². The van der Waals surface area contributed by atoms with E-state index in [-0.39, 0.29) is 30.3 Å². The third-order valence-electron chi connectivity index (χ3n) is 3.56. The molecule has 5 heteroatoms. The molecule has 4 atom stereocenters. The molecule has 0 bridgehead atoms. The monoisotopic (exact) mass is 242 g/mol. The molecule has 2 rings (SSSR count). The van der Waals surface area contributed by atoms with E-state index in [0.717, 1.165) is 32.3 Å². The van der Waals surface area contributed by atoms with E-state index in [4.69, 9.17) is 15.2 Å². The second-order valence-electron chi connectivity index (χ2n) is 4.91. The van der Waals surface area contributed by atoms with Gasteiger partial charge in [0, 0.05) is 13.2 Å². The van der Waals surface area contributed by atoms with Gasteiger partial charge in [0.2, 0.25) is 5.91 Å². The zero-order chi connectivity index (χ0) is 12.3. The molecule has 3 N–H and O–H groups in total. The Morgan fingerprint density at radius 3 is 2.88 bits per heavy atom. The first kappa shape index (κ1) is 12.8. The second-order valence-corrected chi connectivity index (χ2v) is 4.91. The Morgan fingerprint density at radius 1 is 1.47 bits per heavy atom. The highest BCUT2D eigenvalue weighted by Crippen LogP contribution is 2.20. The predicted molar refractivity (Wildman–Crippen MR) is 63.5 cm³/mol. The number of ether oxygens (including phenoxy) is 2. The van der Waals surface area contributed by atoms with Crippen molar-refractivity contribution in [2.24, 2.45) is 5.73 Å². The van der Waals surface area contributed by atoms with Crippen molar-refractivity contribution in [2.75, 3.05) is 13.2 Å². The summed E-state index contributed by atoms with van der Waals surface area (Å²) in [6.45, 7) is 3.29. The van der Waals surface area contributed by atoms with Crippen molar-refractivity contribution in [3.8, 4) is 0 Å². The first-order chi connectivity index (χ1) is 8.20. The van der Waals surface area contributed by atoms with Crippen molar-refractivity contribution in [1.29, 1.82) is 0 Å². The molecule has 2 aliphatic rings. The van der Waals surface area contributed by atoms with Crippen LogP contribution in [-0.4, -0.2) is 43.4 Å². The Hall–Kier alpha value is -0.650. The molecular formula is C12H22N2O3. The number of nitrogens with two attached hydrogens (primary N) is 1. The Bertz CT molecular complexity index is 266. The molecule has 2 saturated heterocycles. The molecule has 2 heterocycles. The highest BCUT2D eigenvalue weighted by molar-refractivity contribution is 5.81. The van der Waals surface area contributed by atoms with Gasteiger partial charge in [-0.1, -0.05) is 0 Å². The molecule has 0 aromatic heterocycles. The van der Waals surface area contributed by atoms with Crippen LogP contribution in [0.3, 0.4) is 0 Å². The van der Waals surface area contributed by atoms with Crippen LogP contribution < -0.4 is 11.1 Å². The van der Waals surface area contributed by atoms with E-state index in [9.17, 15) is 4.79 Å². The van der Waals surface area contributed by atoms with Crippen molar-refractivity contribution >= 4 is 5.91 Å². The van der Waals surface area contributed by atoms with Gasteiger partial charge in [-0.05, 0) is 32.6 Å². The Kier molecular flexibility index (Phi) is 4.36. The van der Waals surface area contributed by atoms with E-state index in [1.165, 1.54) is 0 Å². The smallest absolute Gasteiger partial charge is 0.249 e. The van der Waals surface area contributed by atoms with E-state index < -0.39 is 0 Å². The SMILES string of the molecule is CC(NC(=O)C1CCC(CN)O1)C1CCCO1. The standard InChI is InChI=1S/C12H22N2O3/c1-8(10-3-2-6-16-10)14-12(15)11-5-4-9(7-13)17-11/h8-11H,2-7,13H2,1H3,(H,14,15). The topological polar surface area (TPSA) is 73.6 Å². The second kappa shape index (κ2) is 5.80. The molecule has 17 heavy (non-hydrogen) atoms. The maximum atomic E-state index is 11.9. The number of amides is 1. The molecule has 2 aliphatic heterocycles. The summed E-state index contributed by atoms with van der Waals surface area (Å²) in [6, 6.07) is 0.0607. The fourth-order valence-corrected chi connectivity index (χ4v) is 2.48. The van der Waals surface area contributed by atoms with E-state index in [1.54, 1.807) is 0 Å². The molecule has 0 aromatic rings. The van der Waals surface area contributed by atoms with E-state index in [1.807, 2.05) is 6.92 Å². The number of carbonyl (C=O) groups excluding carboxylic acids is 1. The lowest BCUT2D eigenvalue weighted by Gasteiger charge is -2.22. The van der Waals surface area contributed by atoms with Gasteiger partial charge in [0.05, 0.1) is 18.2 Å². The quantitative estimate of drug-likeness (QED) is 0.737. The zero-order valence-electron chi connectivity index (χ0n) is 10.4. The fraction of sp³-hybridized carbons (Fsp3) is 0.917.